The number of phenolic OH excluding ortho intramolecular Hbond substituents is 1. The molecule has 0 saturated carbocycles. The highest BCUT2D eigenvalue weighted by atomic mass is 16.6. The number of carbonyl (C=O) groups is 2. The summed E-state index contributed by atoms with van der Waals surface area (Å²) in [6, 6.07) is 6.62. The molecule has 0 amide bonds. The number of aromatic nitrogens is 2. The SMILES string of the molecule is CCC1(O)C(=O)OCc2c1cc1n(c2=O)Cc2cc3c(CC=O)c(O)ccc3nc2-1. The van der Waals surface area contributed by atoms with Crippen LogP contribution in [-0.4, -0.2) is 32.0 Å². The van der Waals surface area contributed by atoms with Crippen molar-refractivity contribution in [2.75, 3.05) is 0 Å². The third kappa shape index (κ3) is 2.31. The number of ether oxygens (including phenoxy) is 1. The highest BCUT2D eigenvalue weighted by molar-refractivity contribution is 5.90. The maximum Gasteiger partial charge on any atom is 0.343 e. The summed E-state index contributed by atoms with van der Waals surface area (Å²) < 4.78 is 6.61. The van der Waals surface area contributed by atoms with Crippen molar-refractivity contribution in [2.45, 2.75) is 38.5 Å². The molecule has 0 bridgehead atoms. The van der Waals surface area contributed by atoms with Crippen molar-refractivity contribution in [3.63, 3.8) is 0 Å². The number of hydrogen-bond acceptors (Lipinski definition) is 7. The number of aldehydes is 1. The molecule has 2 aromatic heterocycles. The zero-order chi connectivity index (χ0) is 21.2. The van der Waals surface area contributed by atoms with Gasteiger partial charge in [0.15, 0.2) is 5.60 Å². The van der Waals surface area contributed by atoms with Gasteiger partial charge in [-0.3, -0.25) is 4.79 Å². The van der Waals surface area contributed by atoms with Crippen LogP contribution >= 0.6 is 0 Å². The van der Waals surface area contributed by atoms with E-state index in [1.54, 1.807) is 23.6 Å². The Bertz CT molecular complexity index is 1330. The molecule has 1 aromatic carbocycles. The van der Waals surface area contributed by atoms with Gasteiger partial charge >= 0.3 is 5.97 Å². The van der Waals surface area contributed by atoms with Gasteiger partial charge in [-0.2, -0.15) is 0 Å². The minimum Gasteiger partial charge on any atom is -0.508 e. The van der Waals surface area contributed by atoms with Gasteiger partial charge in [-0.05, 0) is 30.7 Å². The molecule has 0 radical (unpaired) electrons. The van der Waals surface area contributed by atoms with Crippen LogP contribution in [0.2, 0.25) is 0 Å². The van der Waals surface area contributed by atoms with Crippen LogP contribution in [0.15, 0.2) is 29.1 Å². The average Bonchev–Trinajstić information content (AvgIpc) is 3.10. The van der Waals surface area contributed by atoms with Crippen LogP contribution in [0.1, 0.15) is 35.6 Å². The topological polar surface area (TPSA) is 119 Å². The number of nitrogens with zero attached hydrogens (tertiary/aromatic N) is 2. The molecule has 0 spiro atoms. The Balaban J connectivity index is 1.77. The van der Waals surface area contributed by atoms with Crippen LogP contribution in [-0.2, 0) is 39.5 Å². The fourth-order valence-corrected chi connectivity index (χ4v) is 4.40. The molecule has 3 aromatic rings. The van der Waals surface area contributed by atoms with Crippen molar-refractivity contribution in [2.24, 2.45) is 0 Å². The first-order valence-electron chi connectivity index (χ1n) is 9.64. The molecule has 2 N–H and O–H groups in total. The van der Waals surface area contributed by atoms with E-state index in [0.29, 0.717) is 27.9 Å². The molecule has 0 aliphatic carbocycles. The molecule has 0 saturated heterocycles. The predicted molar refractivity (Wildman–Crippen MR) is 106 cm³/mol. The molecule has 1 unspecified atom stereocenters. The van der Waals surface area contributed by atoms with Crippen molar-refractivity contribution in [1.82, 2.24) is 9.55 Å². The van der Waals surface area contributed by atoms with E-state index in [9.17, 15) is 24.6 Å². The summed E-state index contributed by atoms with van der Waals surface area (Å²) in [5, 5.41) is 21.7. The lowest BCUT2D eigenvalue weighted by atomic mass is 9.86. The van der Waals surface area contributed by atoms with Gasteiger partial charge in [0.2, 0.25) is 0 Å². The van der Waals surface area contributed by atoms with Crippen molar-refractivity contribution in [3.05, 3.63) is 56.9 Å². The van der Waals surface area contributed by atoms with Gasteiger partial charge in [0.05, 0.1) is 29.0 Å². The molecule has 5 rings (SSSR count). The number of aliphatic hydroxyl groups is 1. The Kier molecular flexibility index (Phi) is 3.85. The van der Waals surface area contributed by atoms with E-state index < -0.39 is 11.6 Å². The predicted octanol–water partition coefficient (Wildman–Crippen LogP) is 1.53. The van der Waals surface area contributed by atoms with Gasteiger partial charge in [-0.1, -0.05) is 6.92 Å². The molecule has 2 aliphatic heterocycles. The van der Waals surface area contributed by atoms with Crippen molar-refractivity contribution < 1.29 is 24.5 Å². The Morgan fingerprint density at radius 3 is 2.83 bits per heavy atom. The monoisotopic (exact) mass is 406 g/mol. The summed E-state index contributed by atoms with van der Waals surface area (Å²) in [5.41, 5.74) is 1.23. The molecular weight excluding hydrogens is 388 g/mol. The van der Waals surface area contributed by atoms with Crippen LogP contribution in [0.3, 0.4) is 0 Å². The number of cyclic esters (lactones) is 1. The first-order chi connectivity index (χ1) is 14.4. The number of fused-ring (bicyclic) bond motifs is 5. The molecule has 2 aliphatic rings. The second-order valence-corrected chi connectivity index (χ2v) is 7.60. The highest BCUT2D eigenvalue weighted by Crippen LogP contribution is 2.39. The maximum atomic E-state index is 13.1. The van der Waals surface area contributed by atoms with E-state index in [4.69, 9.17) is 4.74 Å². The summed E-state index contributed by atoms with van der Waals surface area (Å²) >= 11 is 0. The smallest absolute Gasteiger partial charge is 0.343 e. The lowest BCUT2D eigenvalue weighted by Crippen LogP contribution is -2.44. The summed E-state index contributed by atoms with van der Waals surface area (Å²) in [6.45, 7) is 1.73. The zero-order valence-corrected chi connectivity index (χ0v) is 16.1. The molecular formula is C22H18N2O6. The van der Waals surface area contributed by atoms with E-state index in [1.165, 1.54) is 6.07 Å². The lowest BCUT2D eigenvalue weighted by Gasteiger charge is -2.31. The summed E-state index contributed by atoms with van der Waals surface area (Å²) in [4.78, 5) is 41.1. The van der Waals surface area contributed by atoms with Gasteiger partial charge in [0, 0.05) is 28.5 Å². The molecule has 30 heavy (non-hydrogen) atoms. The number of aromatic hydroxyl groups is 1. The zero-order valence-electron chi connectivity index (χ0n) is 16.1. The van der Waals surface area contributed by atoms with Crippen LogP contribution < -0.4 is 5.56 Å². The van der Waals surface area contributed by atoms with Crippen LogP contribution in [0, 0.1) is 0 Å². The summed E-state index contributed by atoms with van der Waals surface area (Å²) in [6.07, 6.45) is 0.847. The molecule has 8 nitrogen and oxygen atoms in total. The van der Waals surface area contributed by atoms with E-state index in [1.807, 2.05) is 6.07 Å². The van der Waals surface area contributed by atoms with E-state index in [-0.39, 0.29) is 48.4 Å². The van der Waals surface area contributed by atoms with Gasteiger partial charge < -0.3 is 24.3 Å². The fourth-order valence-electron chi connectivity index (χ4n) is 4.40. The first kappa shape index (κ1) is 18.5. The van der Waals surface area contributed by atoms with Gasteiger partial charge in [0.25, 0.3) is 5.56 Å². The maximum absolute atomic E-state index is 13.1. The molecule has 0 fully saturated rings. The fraction of sp³-hybridized carbons (Fsp3) is 0.273. The number of carbonyl (C=O) groups excluding carboxylic acids is 2. The van der Waals surface area contributed by atoms with E-state index in [2.05, 4.69) is 4.98 Å². The number of phenols is 1. The number of rotatable bonds is 3. The third-order valence-corrected chi connectivity index (χ3v) is 6.07. The number of benzene rings is 1. The van der Waals surface area contributed by atoms with Crippen molar-refractivity contribution in [3.8, 4) is 17.1 Å². The average molecular weight is 406 g/mol. The normalized spacial score (nSPS) is 19.2. The molecule has 152 valence electrons. The van der Waals surface area contributed by atoms with Gasteiger partial charge in [-0.15, -0.1) is 0 Å². The quantitative estimate of drug-likeness (QED) is 0.391. The first-order valence-corrected chi connectivity index (χ1v) is 9.64. The highest BCUT2D eigenvalue weighted by Gasteiger charge is 2.45. The molecule has 4 heterocycles. The Morgan fingerprint density at radius 1 is 1.30 bits per heavy atom. The van der Waals surface area contributed by atoms with Crippen LogP contribution in [0.5, 0.6) is 5.75 Å². The second-order valence-electron chi connectivity index (χ2n) is 7.60. The second kappa shape index (κ2) is 6.24. The Morgan fingerprint density at radius 2 is 2.10 bits per heavy atom. The standard InChI is InChI=1S/C22H18N2O6/c1-2-22(29)15-8-17-19-11(9-24(17)20(27)14(15)10-30-21(22)28)7-13-12(5-6-25)18(26)4-3-16(13)23-19/h3-4,6-8,26,29H,2,5,9-10H2,1H3. The number of pyridine rings is 2. The van der Waals surface area contributed by atoms with Gasteiger partial charge in [0.1, 0.15) is 18.6 Å². The largest absolute Gasteiger partial charge is 0.508 e. The Hall–Kier alpha value is -3.52. The minimum absolute atomic E-state index is 0.0168. The van der Waals surface area contributed by atoms with Gasteiger partial charge in [-0.25, -0.2) is 9.78 Å². The van der Waals surface area contributed by atoms with Crippen LogP contribution in [0.4, 0.5) is 0 Å². The van der Waals surface area contributed by atoms with Crippen molar-refractivity contribution >= 4 is 23.2 Å². The lowest BCUT2D eigenvalue weighted by molar-refractivity contribution is -0.172. The third-order valence-electron chi connectivity index (χ3n) is 6.07. The summed E-state index contributed by atoms with van der Waals surface area (Å²) in [5.74, 6) is -0.747. The Labute approximate surface area is 170 Å². The van der Waals surface area contributed by atoms with Crippen molar-refractivity contribution in [1.29, 1.82) is 0 Å². The summed E-state index contributed by atoms with van der Waals surface area (Å²) in [7, 11) is 0. The van der Waals surface area contributed by atoms with E-state index in [0.717, 1.165) is 11.8 Å². The van der Waals surface area contributed by atoms with Crippen LogP contribution in [0.25, 0.3) is 22.3 Å². The number of esters is 1. The molecule has 8 heteroatoms. The van der Waals surface area contributed by atoms with E-state index >= 15 is 0 Å². The molecule has 1 atom stereocenters. The number of hydrogen-bond donors (Lipinski definition) is 2. The minimum atomic E-state index is -1.87.